The van der Waals surface area contributed by atoms with Gasteiger partial charge in [-0.3, -0.25) is 4.98 Å². The van der Waals surface area contributed by atoms with Gasteiger partial charge >= 0.3 is 6.09 Å². The molecule has 0 radical (unpaired) electrons. The third-order valence-corrected chi connectivity index (χ3v) is 2.60. The molecule has 6 heteroatoms. The largest absolute Gasteiger partial charge is 0.465 e. The Labute approximate surface area is 104 Å². The van der Waals surface area contributed by atoms with Crippen LogP contribution in [0.15, 0.2) is 41.3 Å². The van der Waals surface area contributed by atoms with Crippen molar-refractivity contribution in [2.45, 2.75) is 12.3 Å². The lowest BCUT2D eigenvalue weighted by molar-refractivity contribution is 0.194. The van der Waals surface area contributed by atoms with Crippen LogP contribution in [0.2, 0.25) is 0 Å². The second-order valence-electron chi connectivity index (χ2n) is 3.77. The summed E-state index contributed by atoms with van der Waals surface area (Å²) in [5.74, 6) is 0.656. The zero-order valence-corrected chi connectivity index (χ0v) is 9.61. The summed E-state index contributed by atoms with van der Waals surface area (Å²) >= 11 is 0. The summed E-state index contributed by atoms with van der Waals surface area (Å²) < 4.78 is 5.15. The molecule has 0 aliphatic carbocycles. The highest BCUT2D eigenvalue weighted by molar-refractivity contribution is 5.64. The van der Waals surface area contributed by atoms with Gasteiger partial charge in [0.2, 0.25) is 0 Å². The normalized spacial score (nSPS) is 12.0. The molecule has 1 unspecified atom stereocenters. The number of pyridine rings is 1. The lowest BCUT2D eigenvalue weighted by Gasteiger charge is -2.13. The van der Waals surface area contributed by atoms with Gasteiger partial charge in [0.05, 0.1) is 6.20 Å². The molecule has 2 rings (SSSR count). The summed E-state index contributed by atoms with van der Waals surface area (Å²) in [4.78, 5) is 14.5. The molecule has 1 atom stereocenters. The summed E-state index contributed by atoms with van der Waals surface area (Å²) in [5.41, 5.74) is 0.974. The number of amides is 1. The van der Waals surface area contributed by atoms with Gasteiger partial charge in [-0.15, -0.1) is 0 Å². The van der Waals surface area contributed by atoms with Crippen LogP contribution in [-0.4, -0.2) is 27.9 Å². The maximum Gasteiger partial charge on any atom is 0.404 e. The van der Waals surface area contributed by atoms with Gasteiger partial charge < -0.3 is 14.9 Å². The van der Waals surface area contributed by atoms with Crippen LogP contribution in [0, 0.1) is 0 Å². The topological polar surface area (TPSA) is 88.2 Å². The molecule has 0 fully saturated rings. The Kier molecular flexibility index (Phi) is 3.90. The molecule has 2 aromatic rings. The van der Waals surface area contributed by atoms with E-state index in [0.717, 1.165) is 5.56 Å². The van der Waals surface area contributed by atoms with Crippen molar-refractivity contribution in [2.75, 3.05) is 6.54 Å². The van der Waals surface area contributed by atoms with Crippen molar-refractivity contribution in [1.82, 2.24) is 15.5 Å². The van der Waals surface area contributed by atoms with Crippen molar-refractivity contribution in [3.63, 3.8) is 0 Å². The molecule has 94 valence electrons. The Morgan fingerprint density at radius 2 is 2.33 bits per heavy atom. The van der Waals surface area contributed by atoms with Crippen LogP contribution < -0.4 is 5.32 Å². The summed E-state index contributed by atoms with van der Waals surface area (Å²) in [5, 5.41) is 14.6. The maximum absolute atomic E-state index is 10.4. The van der Waals surface area contributed by atoms with Gasteiger partial charge in [0, 0.05) is 30.9 Å². The van der Waals surface area contributed by atoms with Crippen molar-refractivity contribution in [2.24, 2.45) is 0 Å². The number of rotatable bonds is 5. The van der Waals surface area contributed by atoms with Gasteiger partial charge in [0.1, 0.15) is 5.76 Å². The predicted octanol–water partition coefficient (Wildman–Crippen LogP) is 1.86. The van der Waals surface area contributed by atoms with Gasteiger partial charge in [-0.05, 0) is 18.1 Å². The van der Waals surface area contributed by atoms with Crippen molar-refractivity contribution in [1.29, 1.82) is 0 Å². The van der Waals surface area contributed by atoms with E-state index >= 15 is 0 Å². The molecule has 0 saturated heterocycles. The van der Waals surface area contributed by atoms with Crippen LogP contribution in [-0.2, 0) is 0 Å². The average Bonchev–Trinajstić information content (AvgIpc) is 2.89. The highest BCUT2D eigenvalue weighted by atomic mass is 16.5. The van der Waals surface area contributed by atoms with E-state index in [0.29, 0.717) is 18.7 Å². The molecule has 0 bridgehead atoms. The van der Waals surface area contributed by atoms with E-state index in [9.17, 15) is 4.79 Å². The first-order chi connectivity index (χ1) is 8.77. The minimum Gasteiger partial charge on any atom is -0.465 e. The average molecular weight is 247 g/mol. The van der Waals surface area contributed by atoms with Crippen LogP contribution in [0.4, 0.5) is 4.79 Å². The standard InChI is InChI=1S/C12H13N3O3/c16-12(17)14-6-3-10(11-4-7-15-18-11)9-2-1-5-13-8-9/h1-2,4-5,7-8,10,14H,3,6H2,(H,16,17). The number of nitrogens with one attached hydrogen (secondary N) is 1. The van der Waals surface area contributed by atoms with Gasteiger partial charge in [0.25, 0.3) is 0 Å². The van der Waals surface area contributed by atoms with E-state index in [1.54, 1.807) is 24.7 Å². The lowest BCUT2D eigenvalue weighted by atomic mass is 9.95. The molecule has 0 aromatic carbocycles. The fourth-order valence-electron chi connectivity index (χ4n) is 1.78. The maximum atomic E-state index is 10.4. The number of hydrogen-bond donors (Lipinski definition) is 2. The van der Waals surface area contributed by atoms with Gasteiger partial charge in [-0.25, -0.2) is 4.79 Å². The zero-order chi connectivity index (χ0) is 12.8. The van der Waals surface area contributed by atoms with Crippen molar-refractivity contribution in [3.8, 4) is 0 Å². The molecule has 0 spiro atoms. The summed E-state index contributed by atoms with van der Waals surface area (Å²) in [6.45, 7) is 0.343. The zero-order valence-electron chi connectivity index (χ0n) is 9.61. The van der Waals surface area contributed by atoms with E-state index in [4.69, 9.17) is 9.63 Å². The summed E-state index contributed by atoms with van der Waals surface area (Å²) in [6.07, 6.45) is 4.57. The number of carbonyl (C=O) groups is 1. The first-order valence-electron chi connectivity index (χ1n) is 5.54. The van der Waals surface area contributed by atoms with E-state index < -0.39 is 6.09 Å². The first-order valence-corrected chi connectivity index (χ1v) is 5.54. The Bertz CT molecular complexity index is 485. The third kappa shape index (κ3) is 3.07. The Morgan fingerprint density at radius 1 is 1.44 bits per heavy atom. The fourth-order valence-corrected chi connectivity index (χ4v) is 1.78. The Morgan fingerprint density at radius 3 is 2.94 bits per heavy atom. The first kappa shape index (κ1) is 12.1. The molecule has 2 heterocycles. The number of hydrogen-bond acceptors (Lipinski definition) is 4. The Hall–Kier alpha value is -2.37. The van der Waals surface area contributed by atoms with Crippen LogP contribution in [0.3, 0.4) is 0 Å². The summed E-state index contributed by atoms with van der Waals surface area (Å²) in [7, 11) is 0. The predicted molar refractivity (Wildman–Crippen MR) is 63.2 cm³/mol. The number of aromatic nitrogens is 2. The highest BCUT2D eigenvalue weighted by Crippen LogP contribution is 2.26. The molecule has 0 aliphatic heterocycles. The SMILES string of the molecule is O=C(O)NCCC(c1cccnc1)c1ccno1. The molecular weight excluding hydrogens is 234 g/mol. The van der Waals surface area contributed by atoms with E-state index in [2.05, 4.69) is 15.5 Å². The van der Waals surface area contributed by atoms with Gasteiger partial charge in [0.15, 0.2) is 0 Å². The van der Waals surface area contributed by atoms with Crippen molar-refractivity contribution in [3.05, 3.63) is 48.1 Å². The summed E-state index contributed by atoms with van der Waals surface area (Å²) in [6, 6.07) is 5.54. The fraction of sp³-hybridized carbons (Fsp3) is 0.250. The highest BCUT2D eigenvalue weighted by Gasteiger charge is 2.17. The Balaban J connectivity index is 2.11. The molecule has 0 aliphatic rings. The van der Waals surface area contributed by atoms with Crippen molar-refractivity contribution < 1.29 is 14.4 Å². The quantitative estimate of drug-likeness (QED) is 0.841. The molecule has 1 amide bonds. The smallest absolute Gasteiger partial charge is 0.404 e. The monoisotopic (exact) mass is 247 g/mol. The number of carboxylic acid groups (broad SMARTS) is 1. The van der Waals surface area contributed by atoms with Gasteiger partial charge in [-0.2, -0.15) is 0 Å². The molecule has 18 heavy (non-hydrogen) atoms. The van der Waals surface area contributed by atoms with Crippen molar-refractivity contribution >= 4 is 6.09 Å². The molecule has 6 nitrogen and oxygen atoms in total. The third-order valence-electron chi connectivity index (χ3n) is 2.60. The van der Waals surface area contributed by atoms with Crippen LogP contribution >= 0.6 is 0 Å². The molecule has 2 aromatic heterocycles. The van der Waals surface area contributed by atoms with E-state index in [-0.39, 0.29) is 5.92 Å². The second kappa shape index (κ2) is 5.81. The van der Waals surface area contributed by atoms with Gasteiger partial charge in [-0.1, -0.05) is 11.2 Å². The minimum atomic E-state index is -1.03. The molecule has 0 saturated carbocycles. The van der Waals surface area contributed by atoms with E-state index in [1.807, 2.05) is 12.1 Å². The van der Waals surface area contributed by atoms with Crippen LogP contribution in [0.25, 0.3) is 0 Å². The number of nitrogens with zero attached hydrogens (tertiary/aromatic N) is 2. The lowest BCUT2D eigenvalue weighted by Crippen LogP contribution is -2.23. The van der Waals surface area contributed by atoms with Crippen LogP contribution in [0.5, 0.6) is 0 Å². The second-order valence-corrected chi connectivity index (χ2v) is 3.77. The molecular formula is C12H13N3O3. The van der Waals surface area contributed by atoms with Crippen LogP contribution in [0.1, 0.15) is 23.7 Å². The van der Waals surface area contributed by atoms with E-state index in [1.165, 1.54) is 0 Å². The molecule has 2 N–H and O–H groups in total. The minimum absolute atomic E-state index is 0.0481.